The number of aryl methyl sites for hydroxylation is 1. The topological polar surface area (TPSA) is 79.8 Å². The Morgan fingerprint density at radius 3 is 2.75 bits per heavy atom. The van der Waals surface area contributed by atoms with E-state index in [0.29, 0.717) is 19.6 Å². The van der Waals surface area contributed by atoms with Crippen molar-refractivity contribution in [3.8, 4) is 0 Å². The summed E-state index contributed by atoms with van der Waals surface area (Å²) in [6.07, 6.45) is 2.16. The second-order valence-electron chi connectivity index (χ2n) is 4.16. The van der Waals surface area contributed by atoms with E-state index in [9.17, 15) is 9.59 Å². The molecule has 1 aromatic rings. The maximum absolute atomic E-state index is 11.4. The van der Waals surface area contributed by atoms with E-state index in [-0.39, 0.29) is 0 Å². The van der Waals surface area contributed by atoms with Crippen LogP contribution in [0.1, 0.15) is 17.5 Å². The Morgan fingerprint density at radius 2 is 2.05 bits per heavy atom. The van der Waals surface area contributed by atoms with E-state index in [1.165, 1.54) is 6.21 Å². The first kappa shape index (κ1) is 15.8. The normalized spacial score (nSPS) is 10.5. The number of ether oxygens (including phenoxy) is 1. The number of hydrogen-bond donors (Lipinski definition) is 2. The van der Waals surface area contributed by atoms with E-state index in [0.717, 1.165) is 11.1 Å². The summed E-state index contributed by atoms with van der Waals surface area (Å²) in [6, 6.07) is 7.60. The zero-order valence-electron chi connectivity index (χ0n) is 11.7. The van der Waals surface area contributed by atoms with Crippen molar-refractivity contribution in [3.05, 3.63) is 35.4 Å². The van der Waals surface area contributed by atoms with Crippen molar-refractivity contribution in [2.45, 2.75) is 13.3 Å². The van der Waals surface area contributed by atoms with Crippen LogP contribution in [0.4, 0.5) is 0 Å². The number of nitrogens with one attached hydrogen (secondary N) is 2. The van der Waals surface area contributed by atoms with Crippen LogP contribution in [0.3, 0.4) is 0 Å². The van der Waals surface area contributed by atoms with Crippen LogP contribution < -0.4 is 10.7 Å². The maximum Gasteiger partial charge on any atom is 0.329 e. The maximum atomic E-state index is 11.4. The molecule has 6 nitrogen and oxygen atoms in total. The number of carbonyl (C=O) groups is 2. The number of rotatable bonds is 6. The summed E-state index contributed by atoms with van der Waals surface area (Å²) in [5.74, 6) is -1.49. The first-order valence-electron chi connectivity index (χ1n) is 6.31. The molecule has 108 valence electrons. The lowest BCUT2D eigenvalue weighted by molar-refractivity contribution is -0.139. The van der Waals surface area contributed by atoms with E-state index in [4.69, 9.17) is 4.74 Å². The van der Waals surface area contributed by atoms with Gasteiger partial charge in [-0.05, 0) is 24.5 Å². The van der Waals surface area contributed by atoms with Gasteiger partial charge in [0.2, 0.25) is 0 Å². The second-order valence-corrected chi connectivity index (χ2v) is 4.16. The van der Waals surface area contributed by atoms with E-state index in [2.05, 4.69) is 15.8 Å². The Labute approximate surface area is 118 Å². The monoisotopic (exact) mass is 277 g/mol. The SMILES string of the molecule is COCCCNC(=O)C(=O)N/N=C\c1ccccc1C. The second kappa shape index (κ2) is 8.82. The average Bonchev–Trinajstić information content (AvgIpc) is 2.45. The molecule has 20 heavy (non-hydrogen) atoms. The van der Waals surface area contributed by atoms with Gasteiger partial charge >= 0.3 is 11.8 Å². The van der Waals surface area contributed by atoms with E-state index in [1.54, 1.807) is 7.11 Å². The van der Waals surface area contributed by atoms with Crippen molar-refractivity contribution in [3.63, 3.8) is 0 Å². The fourth-order valence-electron chi connectivity index (χ4n) is 1.44. The molecule has 0 aliphatic rings. The number of methoxy groups -OCH3 is 1. The molecule has 6 heteroatoms. The fraction of sp³-hybridized carbons (Fsp3) is 0.357. The molecule has 0 aliphatic carbocycles. The predicted molar refractivity (Wildman–Crippen MR) is 76.4 cm³/mol. The van der Waals surface area contributed by atoms with Crippen molar-refractivity contribution in [2.24, 2.45) is 5.10 Å². The van der Waals surface area contributed by atoms with Gasteiger partial charge in [0.25, 0.3) is 0 Å². The predicted octanol–water partition coefficient (Wildman–Crippen LogP) is 0.598. The van der Waals surface area contributed by atoms with Gasteiger partial charge in [0.15, 0.2) is 0 Å². The molecule has 0 radical (unpaired) electrons. The highest BCUT2D eigenvalue weighted by atomic mass is 16.5. The third-order valence-electron chi connectivity index (χ3n) is 2.58. The van der Waals surface area contributed by atoms with Crippen LogP contribution in [0.2, 0.25) is 0 Å². The zero-order valence-corrected chi connectivity index (χ0v) is 11.7. The van der Waals surface area contributed by atoms with Gasteiger partial charge in [-0.1, -0.05) is 24.3 Å². The Kier molecular flexibility index (Phi) is 6.99. The van der Waals surface area contributed by atoms with Gasteiger partial charge in [-0.25, -0.2) is 5.43 Å². The smallest absolute Gasteiger partial charge is 0.329 e. The largest absolute Gasteiger partial charge is 0.385 e. The molecule has 0 heterocycles. The number of carbonyl (C=O) groups excluding carboxylic acids is 2. The molecule has 1 aromatic carbocycles. The summed E-state index contributed by atoms with van der Waals surface area (Å²) in [4.78, 5) is 22.8. The van der Waals surface area contributed by atoms with Crippen molar-refractivity contribution in [1.82, 2.24) is 10.7 Å². The average molecular weight is 277 g/mol. The Balaban J connectivity index is 2.35. The molecule has 0 bridgehead atoms. The highest BCUT2D eigenvalue weighted by Gasteiger charge is 2.11. The van der Waals surface area contributed by atoms with Crippen molar-refractivity contribution in [2.75, 3.05) is 20.3 Å². The molecule has 1 rings (SSSR count). The summed E-state index contributed by atoms with van der Waals surface area (Å²) in [7, 11) is 1.58. The van der Waals surface area contributed by atoms with Gasteiger partial charge in [0.1, 0.15) is 0 Å². The molecule has 0 spiro atoms. The molecular formula is C14H19N3O3. The van der Waals surface area contributed by atoms with Crippen molar-refractivity contribution < 1.29 is 14.3 Å². The van der Waals surface area contributed by atoms with Gasteiger partial charge in [-0.3, -0.25) is 9.59 Å². The summed E-state index contributed by atoms with van der Waals surface area (Å²) < 4.78 is 4.83. The molecular weight excluding hydrogens is 258 g/mol. The Morgan fingerprint density at radius 1 is 1.30 bits per heavy atom. The van der Waals surface area contributed by atoms with Crippen LogP contribution in [0, 0.1) is 6.92 Å². The van der Waals surface area contributed by atoms with Crippen LogP contribution in [0.15, 0.2) is 29.4 Å². The molecule has 0 saturated heterocycles. The third kappa shape index (κ3) is 5.62. The molecule has 2 N–H and O–H groups in total. The van der Waals surface area contributed by atoms with Gasteiger partial charge in [-0.2, -0.15) is 5.10 Å². The Hall–Kier alpha value is -2.21. The van der Waals surface area contributed by atoms with Crippen LogP contribution >= 0.6 is 0 Å². The molecule has 0 aliphatic heterocycles. The standard InChI is InChI=1S/C14H19N3O3/c1-11-6-3-4-7-12(11)10-16-17-14(19)13(18)15-8-5-9-20-2/h3-4,6-7,10H,5,8-9H2,1-2H3,(H,15,18)(H,17,19)/b16-10-. The molecule has 0 fully saturated rings. The van der Waals surface area contributed by atoms with Gasteiger partial charge in [-0.15, -0.1) is 0 Å². The summed E-state index contributed by atoms with van der Waals surface area (Å²) in [5, 5.41) is 6.23. The fourth-order valence-corrected chi connectivity index (χ4v) is 1.44. The van der Waals surface area contributed by atoms with Gasteiger partial charge in [0.05, 0.1) is 6.21 Å². The third-order valence-corrected chi connectivity index (χ3v) is 2.58. The van der Waals surface area contributed by atoms with Crippen LogP contribution in [-0.2, 0) is 14.3 Å². The quantitative estimate of drug-likeness (QED) is 0.346. The number of amides is 2. The van der Waals surface area contributed by atoms with Gasteiger partial charge in [0, 0.05) is 20.3 Å². The lowest BCUT2D eigenvalue weighted by atomic mass is 10.1. The highest BCUT2D eigenvalue weighted by Crippen LogP contribution is 2.02. The molecule has 0 aromatic heterocycles. The number of hydrazone groups is 1. The highest BCUT2D eigenvalue weighted by molar-refractivity contribution is 6.35. The van der Waals surface area contributed by atoms with Crippen molar-refractivity contribution >= 4 is 18.0 Å². The zero-order chi connectivity index (χ0) is 14.8. The summed E-state index contributed by atoms with van der Waals surface area (Å²) >= 11 is 0. The molecule has 2 amide bonds. The van der Waals surface area contributed by atoms with E-state index < -0.39 is 11.8 Å². The molecule has 0 saturated carbocycles. The number of benzene rings is 1. The first-order valence-corrected chi connectivity index (χ1v) is 6.31. The number of hydrogen-bond acceptors (Lipinski definition) is 4. The van der Waals surface area contributed by atoms with Gasteiger partial charge < -0.3 is 10.1 Å². The number of nitrogens with zero attached hydrogens (tertiary/aromatic N) is 1. The van der Waals surface area contributed by atoms with E-state index >= 15 is 0 Å². The minimum atomic E-state index is -0.785. The Bertz CT molecular complexity index is 486. The van der Waals surface area contributed by atoms with Crippen LogP contribution in [-0.4, -0.2) is 38.3 Å². The minimum absolute atomic E-state index is 0.390. The van der Waals surface area contributed by atoms with Crippen LogP contribution in [0.5, 0.6) is 0 Å². The van der Waals surface area contributed by atoms with Crippen molar-refractivity contribution in [1.29, 1.82) is 0 Å². The van der Waals surface area contributed by atoms with Crippen LogP contribution in [0.25, 0.3) is 0 Å². The lowest BCUT2D eigenvalue weighted by Gasteiger charge is -2.03. The molecule has 0 atom stereocenters. The summed E-state index contributed by atoms with van der Waals surface area (Å²) in [5.41, 5.74) is 4.11. The molecule has 0 unspecified atom stereocenters. The first-order chi connectivity index (χ1) is 9.65. The summed E-state index contributed by atoms with van der Waals surface area (Å²) in [6.45, 7) is 2.86. The lowest BCUT2D eigenvalue weighted by Crippen LogP contribution is -2.38. The minimum Gasteiger partial charge on any atom is -0.385 e. The van der Waals surface area contributed by atoms with E-state index in [1.807, 2.05) is 31.2 Å².